The van der Waals surface area contributed by atoms with Crippen molar-refractivity contribution in [3.8, 4) is 11.5 Å². The molecule has 0 aliphatic heterocycles. The van der Waals surface area contributed by atoms with Gasteiger partial charge in [0.15, 0.2) is 0 Å². The van der Waals surface area contributed by atoms with Crippen LogP contribution in [0.4, 0.5) is 0 Å². The molecular formula is C9H13NO3. The molecule has 0 saturated heterocycles. The lowest BCUT2D eigenvalue weighted by atomic mass is 10.0. The molecule has 1 rings (SSSR count). The van der Waals surface area contributed by atoms with E-state index in [0.717, 1.165) is 0 Å². The fraction of sp³-hybridized carbons (Fsp3) is 0.333. The Morgan fingerprint density at radius 1 is 1.38 bits per heavy atom. The molecule has 1 aromatic rings. The van der Waals surface area contributed by atoms with E-state index in [4.69, 9.17) is 10.8 Å². The van der Waals surface area contributed by atoms with Gasteiger partial charge in [0.2, 0.25) is 0 Å². The molecule has 4 heteroatoms. The molecule has 0 spiro atoms. The minimum atomic E-state index is -0.612. The SMILES string of the molecule is Cc1c(O)ccc(C(N)CO)c1O. The second-order valence-electron chi connectivity index (χ2n) is 2.94. The van der Waals surface area contributed by atoms with Crippen molar-refractivity contribution < 1.29 is 15.3 Å². The summed E-state index contributed by atoms with van der Waals surface area (Å²) in [5, 5.41) is 27.5. The number of hydrogen-bond acceptors (Lipinski definition) is 4. The highest BCUT2D eigenvalue weighted by Gasteiger charge is 2.13. The van der Waals surface area contributed by atoms with E-state index in [9.17, 15) is 10.2 Å². The fourth-order valence-electron chi connectivity index (χ4n) is 1.11. The number of aliphatic hydroxyl groups is 1. The first kappa shape index (κ1) is 9.83. The molecule has 0 radical (unpaired) electrons. The van der Waals surface area contributed by atoms with Crippen LogP contribution in [0.15, 0.2) is 12.1 Å². The summed E-state index contributed by atoms with van der Waals surface area (Å²) in [5.74, 6) is -0.0343. The van der Waals surface area contributed by atoms with Crippen molar-refractivity contribution in [1.82, 2.24) is 0 Å². The van der Waals surface area contributed by atoms with Crippen LogP contribution in [0.1, 0.15) is 17.2 Å². The van der Waals surface area contributed by atoms with Crippen molar-refractivity contribution >= 4 is 0 Å². The van der Waals surface area contributed by atoms with E-state index in [-0.39, 0.29) is 18.1 Å². The largest absolute Gasteiger partial charge is 0.508 e. The van der Waals surface area contributed by atoms with Crippen LogP contribution in [0.5, 0.6) is 11.5 Å². The summed E-state index contributed by atoms with van der Waals surface area (Å²) in [7, 11) is 0. The van der Waals surface area contributed by atoms with Gasteiger partial charge >= 0.3 is 0 Å². The third-order valence-electron chi connectivity index (χ3n) is 2.03. The quantitative estimate of drug-likeness (QED) is 0.534. The highest BCUT2D eigenvalue weighted by Crippen LogP contribution is 2.32. The number of hydrogen-bond donors (Lipinski definition) is 4. The first-order valence-corrected chi connectivity index (χ1v) is 3.95. The molecule has 0 fully saturated rings. The summed E-state index contributed by atoms with van der Waals surface area (Å²) in [4.78, 5) is 0. The number of phenols is 2. The van der Waals surface area contributed by atoms with Crippen molar-refractivity contribution in [3.05, 3.63) is 23.3 Å². The van der Waals surface area contributed by atoms with Crippen LogP contribution in [0.25, 0.3) is 0 Å². The molecule has 4 nitrogen and oxygen atoms in total. The van der Waals surface area contributed by atoms with Crippen LogP contribution < -0.4 is 5.73 Å². The van der Waals surface area contributed by atoms with Gasteiger partial charge in [-0.05, 0) is 19.1 Å². The Balaban J connectivity index is 3.18. The molecule has 13 heavy (non-hydrogen) atoms. The molecule has 1 aromatic carbocycles. The molecule has 1 atom stereocenters. The fourth-order valence-corrected chi connectivity index (χ4v) is 1.11. The number of phenolic OH excluding ortho intramolecular Hbond substituents is 2. The van der Waals surface area contributed by atoms with Crippen LogP contribution >= 0.6 is 0 Å². The monoisotopic (exact) mass is 183 g/mol. The Bertz CT molecular complexity index is 312. The van der Waals surface area contributed by atoms with E-state index >= 15 is 0 Å². The van der Waals surface area contributed by atoms with Gasteiger partial charge in [-0.1, -0.05) is 0 Å². The second kappa shape index (κ2) is 3.64. The first-order chi connectivity index (χ1) is 6.07. The smallest absolute Gasteiger partial charge is 0.127 e. The van der Waals surface area contributed by atoms with Gasteiger partial charge in [0.05, 0.1) is 12.6 Å². The van der Waals surface area contributed by atoms with Crippen molar-refractivity contribution in [2.24, 2.45) is 5.73 Å². The third kappa shape index (κ3) is 1.74. The normalized spacial score (nSPS) is 12.8. The lowest BCUT2D eigenvalue weighted by Crippen LogP contribution is -2.14. The van der Waals surface area contributed by atoms with E-state index in [1.165, 1.54) is 12.1 Å². The summed E-state index contributed by atoms with van der Waals surface area (Å²) in [6.45, 7) is 1.34. The summed E-state index contributed by atoms with van der Waals surface area (Å²) in [6.07, 6.45) is 0. The van der Waals surface area contributed by atoms with E-state index in [0.29, 0.717) is 11.1 Å². The summed E-state index contributed by atoms with van der Waals surface area (Å²) < 4.78 is 0. The molecule has 0 saturated carbocycles. The Morgan fingerprint density at radius 2 is 2.00 bits per heavy atom. The van der Waals surface area contributed by atoms with Gasteiger partial charge in [-0.15, -0.1) is 0 Å². The highest BCUT2D eigenvalue weighted by molar-refractivity contribution is 5.48. The van der Waals surface area contributed by atoms with Gasteiger partial charge in [-0.25, -0.2) is 0 Å². The minimum Gasteiger partial charge on any atom is -0.508 e. The van der Waals surface area contributed by atoms with Gasteiger partial charge in [-0.3, -0.25) is 0 Å². The average Bonchev–Trinajstić information content (AvgIpc) is 2.13. The standard InChI is InChI=1S/C9H13NO3/c1-5-8(12)3-2-6(9(5)13)7(10)4-11/h2-3,7,11-13H,4,10H2,1H3. The number of aliphatic hydroxyl groups excluding tert-OH is 1. The van der Waals surface area contributed by atoms with E-state index in [2.05, 4.69) is 0 Å². The molecule has 0 heterocycles. The van der Waals surface area contributed by atoms with Crippen LogP contribution in [-0.2, 0) is 0 Å². The highest BCUT2D eigenvalue weighted by atomic mass is 16.3. The molecule has 0 aliphatic carbocycles. The number of rotatable bonds is 2. The first-order valence-electron chi connectivity index (χ1n) is 3.95. The average molecular weight is 183 g/mol. The van der Waals surface area contributed by atoms with Crippen LogP contribution in [-0.4, -0.2) is 21.9 Å². The topological polar surface area (TPSA) is 86.7 Å². The molecule has 1 unspecified atom stereocenters. The van der Waals surface area contributed by atoms with Gasteiger partial charge in [0.1, 0.15) is 11.5 Å². The summed E-state index contributed by atoms with van der Waals surface area (Å²) >= 11 is 0. The Morgan fingerprint density at radius 3 is 2.54 bits per heavy atom. The predicted octanol–water partition coefficient (Wildman–Crippen LogP) is 0.398. The molecule has 5 N–H and O–H groups in total. The van der Waals surface area contributed by atoms with Crippen molar-refractivity contribution in [2.75, 3.05) is 6.61 Å². The molecule has 0 aliphatic rings. The Kier molecular flexibility index (Phi) is 2.75. The van der Waals surface area contributed by atoms with Crippen molar-refractivity contribution in [1.29, 1.82) is 0 Å². The van der Waals surface area contributed by atoms with Crippen LogP contribution in [0, 0.1) is 6.92 Å². The molecule has 0 amide bonds. The van der Waals surface area contributed by atoms with Crippen LogP contribution in [0.2, 0.25) is 0 Å². The second-order valence-corrected chi connectivity index (χ2v) is 2.94. The number of nitrogens with two attached hydrogens (primary N) is 1. The van der Waals surface area contributed by atoms with Gasteiger partial charge in [0, 0.05) is 11.1 Å². The maximum absolute atomic E-state index is 9.53. The van der Waals surface area contributed by atoms with Crippen molar-refractivity contribution in [2.45, 2.75) is 13.0 Å². The maximum atomic E-state index is 9.53. The van der Waals surface area contributed by atoms with Gasteiger partial charge < -0.3 is 21.1 Å². The van der Waals surface area contributed by atoms with E-state index in [1.807, 2.05) is 0 Å². The van der Waals surface area contributed by atoms with Gasteiger partial charge in [0.25, 0.3) is 0 Å². The molecular weight excluding hydrogens is 170 g/mol. The third-order valence-corrected chi connectivity index (χ3v) is 2.03. The zero-order valence-corrected chi connectivity index (χ0v) is 7.36. The minimum absolute atomic E-state index is 0.0198. The zero-order chi connectivity index (χ0) is 10.0. The summed E-state index contributed by atoms with van der Waals surface area (Å²) in [5.41, 5.74) is 6.34. The van der Waals surface area contributed by atoms with Gasteiger partial charge in [-0.2, -0.15) is 0 Å². The van der Waals surface area contributed by atoms with E-state index < -0.39 is 6.04 Å². The molecule has 72 valence electrons. The van der Waals surface area contributed by atoms with Crippen molar-refractivity contribution in [3.63, 3.8) is 0 Å². The zero-order valence-electron chi connectivity index (χ0n) is 7.36. The molecule has 0 bridgehead atoms. The Labute approximate surface area is 76.2 Å². The number of aromatic hydroxyl groups is 2. The lowest BCUT2D eigenvalue weighted by molar-refractivity contribution is 0.265. The van der Waals surface area contributed by atoms with Crippen LogP contribution in [0.3, 0.4) is 0 Å². The lowest BCUT2D eigenvalue weighted by Gasteiger charge is -2.12. The molecule has 0 aromatic heterocycles. The maximum Gasteiger partial charge on any atom is 0.127 e. The Hall–Kier alpha value is -1.26. The van der Waals surface area contributed by atoms with E-state index in [1.54, 1.807) is 6.92 Å². The predicted molar refractivity (Wildman–Crippen MR) is 48.5 cm³/mol. The summed E-state index contributed by atoms with van der Waals surface area (Å²) in [6, 6.07) is 2.33. The number of benzene rings is 1.